The molecule has 1 atom stereocenters. The van der Waals surface area contributed by atoms with Gasteiger partial charge in [0, 0.05) is 54.5 Å². The van der Waals surface area contributed by atoms with Gasteiger partial charge in [-0.3, -0.25) is 0 Å². The summed E-state index contributed by atoms with van der Waals surface area (Å²) in [6.07, 6.45) is 4.11. The molecule has 3 nitrogen and oxygen atoms in total. The summed E-state index contributed by atoms with van der Waals surface area (Å²) in [4.78, 5) is 1.40. The molecule has 0 aromatic carbocycles. The molecule has 0 radical (unpaired) electrons. The zero-order chi connectivity index (χ0) is 15.1. The molecule has 1 unspecified atom stereocenters. The van der Waals surface area contributed by atoms with Gasteiger partial charge in [-0.1, -0.05) is 6.92 Å². The number of nitrogens with one attached hydrogen (secondary N) is 1. The summed E-state index contributed by atoms with van der Waals surface area (Å²) in [5, 5.41) is 5.88. The van der Waals surface area contributed by atoms with Crippen LogP contribution in [0.15, 0.2) is 15.9 Å². The van der Waals surface area contributed by atoms with Crippen molar-refractivity contribution in [1.82, 2.24) is 5.32 Å². The average molecular weight is 376 g/mol. The van der Waals surface area contributed by atoms with E-state index in [1.807, 2.05) is 11.3 Å². The molecule has 0 bridgehead atoms. The van der Waals surface area contributed by atoms with Crippen LogP contribution in [0.2, 0.25) is 0 Å². The van der Waals surface area contributed by atoms with E-state index in [2.05, 4.69) is 46.5 Å². The van der Waals surface area contributed by atoms with Gasteiger partial charge in [-0.05, 0) is 47.3 Å². The Hall–Kier alpha value is 0.0600. The summed E-state index contributed by atoms with van der Waals surface area (Å²) < 4.78 is 13.1. The number of hydrogen-bond donors (Lipinski definition) is 1. The molecule has 2 heterocycles. The van der Waals surface area contributed by atoms with Crippen molar-refractivity contribution >= 4 is 27.3 Å². The molecule has 1 aliphatic rings. The fraction of sp³-hybridized carbons (Fsp3) is 0.750. The van der Waals surface area contributed by atoms with Crippen molar-refractivity contribution in [1.29, 1.82) is 0 Å². The molecular weight excluding hydrogens is 350 g/mol. The number of thiophene rings is 1. The number of ether oxygens (including phenoxy) is 2. The highest BCUT2D eigenvalue weighted by atomic mass is 79.9. The maximum Gasteiger partial charge on any atom is 0.0881 e. The molecule has 1 fully saturated rings. The molecule has 1 saturated heterocycles. The Morgan fingerprint density at radius 2 is 2.19 bits per heavy atom. The van der Waals surface area contributed by atoms with Gasteiger partial charge in [0.15, 0.2) is 0 Å². The van der Waals surface area contributed by atoms with Crippen LogP contribution in [-0.2, 0) is 15.9 Å². The average Bonchev–Trinajstić information content (AvgIpc) is 2.90. The molecule has 1 aromatic heterocycles. The van der Waals surface area contributed by atoms with Gasteiger partial charge in [0.2, 0.25) is 0 Å². The Labute approximate surface area is 140 Å². The minimum Gasteiger partial charge on any atom is -0.381 e. The zero-order valence-electron chi connectivity index (χ0n) is 13.0. The molecule has 0 saturated carbocycles. The molecule has 1 N–H and O–H groups in total. The van der Waals surface area contributed by atoms with Crippen LogP contribution in [0.1, 0.15) is 38.0 Å². The van der Waals surface area contributed by atoms with Crippen molar-refractivity contribution in [3.8, 4) is 0 Å². The molecule has 0 spiro atoms. The molecule has 0 amide bonds. The largest absolute Gasteiger partial charge is 0.381 e. The van der Waals surface area contributed by atoms with Crippen molar-refractivity contribution < 1.29 is 9.47 Å². The van der Waals surface area contributed by atoms with E-state index in [0.717, 1.165) is 52.0 Å². The van der Waals surface area contributed by atoms with Crippen LogP contribution in [0.4, 0.5) is 0 Å². The van der Waals surface area contributed by atoms with Crippen LogP contribution in [0, 0.1) is 0 Å². The first-order chi connectivity index (χ1) is 10.2. The highest BCUT2D eigenvalue weighted by molar-refractivity contribution is 9.10. The summed E-state index contributed by atoms with van der Waals surface area (Å²) in [7, 11) is 0. The fourth-order valence-corrected chi connectivity index (χ4v) is 4.58. The quantitative estimate of drug-likeness (QED) is 0.744. The van der Waals surface area contributed by atoms with Crippen molar-refractivity contribution in [2.24, 2.45) is 0 Å². The van der Waals surface area contributed by atoms with Gasteiger partial charge in [0.05, 0.1) is 5.60 Å². The van der Waals surface area contributed by atoms with E-state index in [-0.39, 0.29) is 5.60 Å². The van der Waals surface area contributed by atoms with Gasteiger partial charge in [-0.15, -0.1) is 11.3 Å². The zero-order valence-corrected chi connectivity index (χ0v) is 15.4. The highest BCUT2D eigenvalue weighted by Gasteiger charge is 2.41. The van der Waals surface area contributed by atoms with Crippen molar-refractivity contribution in [3.63, 3.8) is 0 Å². The van der Waals surface area contributed by atoms with E-state index in [4.69, 9.17) is 9.47 Å². The van der Waals surface area contributed by atoms with E-state index in [1.54, 1.807) is 0 Å². The van der Waals surface area contributed by atoms with Crippen LogP contribution in [0.25, 0.3) is 0 Å². The Morgan fingerprint density at radius 3 is 2.76 bits per heavy atom. The number of rotatable bonds is 8. The lowest BCUT2D eigenvalue weighted by atomic mass is 9.83. The normalized spacial score (nSPS) is 19.6. The SMILES string of the molecule is CCCNC(Cc1sccc1Br)C1(OCC)CCOCC1. The molecule has 0 aliphatic carbocycles. The summed E-state index contributed by atoms with van der Waals surface area (Å²) in [5.41, 5.74) is -0.0917. The van der Waals surface area contributed by atoms with E-state index in [1.165, 1.54) is 9.35 Å². The minimum absolute atomic E-state index is 0.0917. The van der Waals surface area contributed by atoms with Gasteiger partial charge in [0.25, 0.3) is 0 Å². The first-order valence-electron chi connectivity index (χ1n) is 7.88. The molecule has 1 aromatic rings. The highest BCUT2D eigenvalue weighted by Crippen LogP contribution is 2.33. The monoisotopic (exact) mass is 375 g/mol. The van der Waals surface area contributed by atoms with Crippen molar-refractivity contribution in [2.75, 3.05) is 26.4 Å². The minimum atomic E-state index is -0.0917. The van der Waals surface area contributed by atoms with E-state index in [0.29, 0.717) is 6.04 Å². The fourth-order valence-electron chi connectivity index (χ4n) is 3.02. The van der Waals surface area contributed by atoms with Gasteiger partial charge < -0.3 is 14.8 Å². The third kappa shape index (κ3) is 4.52. The topological polar surface area (TPSA) is 30.5 Å². The molecule has 1 aliphatic heterocycles. The smallest absolute Gasteiger partial charge is 0.0881 e. The number of halogens is 1. The summed E-state index contributed by atoms with van der Waals surface area (Å²) in [6, 6.07) is 2.48. The van der Waals surface area contributed by atoms with Gasteiger partial charge in [-0.2, -0.15) is 0 Å². The standard InChI is InChI=1S/C16H26BrNO2S/c1-3-8-18-15(12-14-13(17)5-11-21-14)16(20-4-2)6-9-19-10-7-16/h5,11,15,18H,3-4,6-10,12H2,1-2H3. The third-order valence-electron chi connectivity index (χ3n) is 4.13. The second-order valence-electron chi connectivity index (χ2n) is 5.51. The maximum absolute atomic E-state index is 6.27. The summed E-state index contributed by atoms with van der Waals surface area (Å²) in [6.45, 7) is 7.70. The van der Waals surface area contributed by atoms with E-state index >= 15 is 0 Å². The molecule has 5 heteroatoms. The third-order valence-corrected chi connectivity index (χ3v) is 6.08. The Morgan fingerprint density at radius 1 is 1.43 bits per heavy atom. The lowest BCUT2D eigenvalue weighted by Crippen LogP contribution is -2.56. The second kappa shape index (κ2) is 8.63. The lowest BCUT2D eigenvalue weighted by molar-refractivity contribution is -0.126. The molecule has 21 heavy (non-hydrogen) atoms. The second-order valence-corrected chi connectivity index (χ2v) is 7.37. The summed E-state index contributed by atoms with van der Waals surface area (Å²) in [5.74, 6) is 0. The molecule has 2 rings (SSSR count). The summed E-state index contributed by atoms with van der Waals surface area (Å²) >= 11 is 5.48. The van der Waals surface area contributed by atoms with E-state index in [9.17, 15) is 0 Å². The Bertz CT molecular complexity index is 413. The molecule has 120 valence electrons. The predicted octanol–water partition coefficient (Wildman–Crippen LogP) is 4.01. The predicted molar refractivity (Wildman–Crippen MR) is 92.2 cm³/mol. The Balaban J connectivity index is 2.17. The van der Waals surface area contributed by atoms with E-state index < -0.39 is 0 Å². The number of hydrogen-bond acceptors (Lipinski definition) is 4. The van der Waals surface area contributed by atoms with Crippen LogP contribution in [0.5, 0.6) is 0 Å². The van der Waals surface area contributed by atoms with Crippen molar-refractivity contribution in [2.45, 2.75) is 51.2 Å². The van der Waals surface area contributed by atoms with Crippen LogP contribution >= 0.6 is 27.3 Å². The Kier molecular flexibility index (Phi) is 7.16. The van der Waals surface area contributed by atoms with Crippen LogP contribution in [-0.4, -0.2) is 38.0 Å². The lowest BCUT2D eigenvalue weighted by Gasteiger charge is -2.43. The van der Waals surface area contributed by atoms with Gasteiger partial charge >= 0.3 is 0 Å². The van der Waals surface area contributed by atoms with Crippen molar-refractivity contribution in [3.05, 3.63) is 20.8 Å². The van der Waals surface area contributed by atoms with Gasteiger partial charge in [-0.25, -0.2) is 0 Å². The van der Waals surface area contributed by atoms with Crippen LogP contribution in [0.3, 0.4) is 0 Å². The van der Waals surface area contributed by atoms with Gasteiger partial charge in [0.1, 0.15) is 0 Å². The first kappa shape index (κ1) is 17.4. The molecular formula is C16H26BrNO2S. The van der Waals surface area contributed by atoms with Crippen LogP contribution < -0.4 is 5.32 Å². The maximum atomic E-state index is 6.27. The first-order valence-corrected chi connectivity index (χ1v) is 9.56.